The number of hydrogen-bond acceptors (Lipinski definition) is 5. The largest absolute Gasteiger partial charge is 0.397 e. The van der Waals surface area contributed by atoms with Gasteiger partial charge < -0.3 is 16.0 Å². The van der Waals surface area contributed by atoms with Crippen molar-refractivity contribution in [1.82, 2.24) is 14.9 Å². The molecule has 0 saturated heterocycles. The van der Waals surface area contributed by atoms with Gasteiger partial charge in [0.25, 0.3) is 5.91 Å². The van der Waals surface area contributed by atoms with Gasteiger partial charge in [0.05, 0.1) is 11.4 Å². The molecule has 35 heavy (non-hydrogen) atoms. The fourth-order valence-corrected chi connectivity index (χ4v) is 3.46. The van der Waals surface area contributed by atoms with Gasteiger partial charge in [0, 0.05) is 49.5 Å². The number of anilines is 2. The Labute approximate surface area is 204 Å². The number of aromatic nitrogens is 2. The van der Waals surface area contributed by atoms with Crippen molar-refractivity contribution < 1.29 is 9.59 Å². The Bertz CT molecular complexity index is 1260. The molecule has 174 valence electrons. The smallest absolute Gasteiger partial charge is 0.255 e. The van der Waals surface area contributed by atoms with Crippen LogP contribution in [0.5, 0.6) is 0 Å². The van der Waals surface area contributed by atoms with Crippen LogP contribution in [0, 0.1) is 0 Å². The van der Waals surface area contributed by atoms with Crippen LogP contribution in [0.4, 0.5) is 11.4 Å². The molecular weight excluding hydrogens is 438 g/mol. The van der Waals surface area contributed by atoms with Gasteiger partial charge in [-0.05, 0) is 59.2 Å². The molecule has 7 heteroatoms. The number of carbonyl (C=O) groups excluding carboxylic acids is 2. The fourth-order valence-electron chi connectivity index (χ4n) is 3.46. The Kier molecular flexibility index (Phi) is 7.60. The third-order valence-corrected chi connectivity index (χ3v) is 5.30. The zero-order valence-electron chi connectivity index (χ0n) is 19.0. The molecule has 4 aromatic rings. The van der Waals surface area contributed by atoms with Crippen molar-refractivity contribution in [3.8, 4) is 0 Å². The average molecular weight is 464 g/mol. The lowest BCUT2D eigenvalue weighted by Crippen LogP contribution is -2.28. The van der Waals surface area contributed by atoms with Crippen LogP contribution in [0.2, 0.25) is 0 Å². The molecule has 2 aromatic carbocycles. The van der Waals surface area contributed by atoms with Crippen LogP contribution in [-0.4, -0.2) is 26.7 Å². The van der Waals surface area contributed by atoms with Gasteiger partial charge in [0.1, 0.15) is 0 Å². The van der Waals surface area contributed by atoms with Gasteiger partial charge in [0.2, 0.25) is 5.91 Å². The highest BCUT2D eigenvalue weighted by molar-refractivity contribution is 6.05. The zero-order chi connectivity index (χ0) is 24.5. The number of benzene rings is 2. The van der Waals surface area contributed by atoms with Crippen molar-refractivity contribution in [3.63, 3.8) is 0 Å². The van der Waals surface area contributed by atoms with E-state index in [4.69, 9.17) is 5.73 Å². The van der Waals surface area contributed by atoms with E-state index in [9.17, 15) is 9.59 Å². The van der Waals surface area contributed by atoms with Crippen molar-refractivity contribution in [2.45, 2.75) is 13.1 Å². The summed E-state index contributed by atoms with van der Waals surface area (Å²) in [5, 5.41) is 2.80. The van der Waals surface area contributed by atoms with Gasteiger partial charge in [-0.1, -0.05) is 36.4 Å². The number of nitrogen functional groups attached to an aromatic ring is 1. The van der Waals surface area contributed by atoms with E-state index in [1.54, 1.807) is 72.2 Å². The number of nitrogens with one attached hydrogen (secondary N) is 1. The van der Waals surface area contributed by atoms with Gasteiger partial charge in [-0.15, -0.1) is 0 Å². The number of rotatable bonds is 8. The summed E-state index contributed by atoms with van der Waals surface area (Å²) < 4.78 is 0. The fraction of sp³-hybridized carbons (Fsp3) is 0.0714. The summed E-state index contributed by atoms with van der Waals surface area (Å²) >= 11 is 0. The van der Waals surface area contributed by atoms with Gasteiger partial charge in [-0.2, -0.15) is 0 Å². The first-order chi connectivity index (χ1) is 17.1. The first kappa shape index (κ1) is 23.4. The quantitative estimate of drug-likeness (QED) is 0.295. The molecule has 0 aliphatic rings. The molecule has 0 radical (unpaired) electrons. The van der Waals surface area contributed by atoms with E-state index < -0.39 is 0 Å². The summed E-state index contributed by atoms with van der Waals surface area (Å²) in [5.41, 5.74) is 10.1. The molecule has 0 atom stereocenters. The number of nitrogens with two attached hydrogens (primary N) is 1. The van der Waals surface area contributed by atoms with Crippen LogP contribution in [0.25, 0.3) is 6.08 Å². The topological polar surface area (TPSA) is 101 Å². The van der Waals surface area contributed by atoms with Crippen LogP contribution in [-0.2, 0) is 17.9 Å². The van der Waals surface area contributed by atoms with Crippen LogP contribution in [0.15, 0.2) is 104 Å². The number of hydrogen-bond donors (Lipinski definition) is 2. The highest BCUT2D eigenvalue weighted by atomic mass is 16.2. The molecule has 0 saturated carbocycles. The molecule has 0 bridgehead atoms. The second-order valence-corrected chi connectivity index (χ2v) is 7.91. The van der Waals surface area contributed by atoms with Gasteiger partial charge in [-0.25, -0.2) is 0 Å². The first-order valence-corrected chi connectivity index (χ1v) is 11.1. The molecule has 2 amide bonds. The lowest BCUT2D eigenvalue weighted by molar-refractivity contribution is -0.127. The number of amides is 2. The predicted molar refractivity (Wildman–Crippen MR) is 137 cm³/mol. The standard InChI is InChI=1S/C28H25N5O2/c29-25-7-1-2-8-26(25)32-28(35)24-12-9-21(10-13-24)11-14-27(34)33(19-22-5-3-15-30-17-22)20-23-6-4-16-31-18-23/h1-18H,19-20,29H2,(H,32,35)/b14-11+. The summed E-state index contributed by atoms with van der Waals surface area (Å²) in [6, 6.07) is 21.7. The molecule has 4 rings (SSSR count). The molecule has 7 nitrogen and oxygen atoms in total. The third kappa shape index (κ3) is 6.61. The summed E-state index contributed by atoms with van der Waals surface area (Å²) in [5.74, 6) is -0.396. The number of para-hydroxylation sites is 2. The minimum absolute atomic E-state index is 0.140. The normalized spacial score (nSPS) is 10.7. The molecular formula is C28H25N5O2. The maximum Gasteiger partial charge on any atom is 0.255 e. The van der Waals surface area contributed by atoms with E-state index >= 15 is 0 Å². The third-order valence-electron chi connectivity index (χ3n) is 5.30. The van der Waals surface area contributed by atoms with Gasteiger partial charge in [0.15, 0.2) is 0 Å². The Morgan fingerprint density at radius 3 is 2.03 bits per heavy atom. The number of carbonyl (C=O) groups is 2. The molecule has 0 aliphatic heterocycles. The summed E-state index contributed by atoms with van der Waals surface area (Å²) in [6.07, 6.45) is 10.2. The minimum Gasteiger partial charge on any atom is -0.397 e. The summed E-state index contributed by atoms with van der Waals surface area (Å²) in [4.78, 5) is 35.6. The van der Waals surface area contributed by atoms with E-state index in [0.717, 1.165) is 16.7 Å². The van der Waals surface area contributed by atoms with Gasteiger partial charge in [-0.3, -0.25) is 19.6 Å². The zero-order valence-corrected chi connectivity index (χ0v) is 19.0. The second-order valence-electron chi connectivity index (χ2n) is 7.91. The Hall–Kier alpha value is -4.78. The van der Waals surface area contributed by atoms with Crippen molar-refractivity contribution in [1.29, 1.82) is 0 Å². The lowest BCUT2D eigenvalue weighted by Gasteiger charge is -2.21. The maximum atomic E-state index is 13.1. The molecule has 2 aromatic heterocycles. The van der Waals surface area contributed by atoms with E-state index in [-0.39, 0.29) is 11.8 Å². The summed E-state index contributed by atoms with van der Waals surface area (Å²) in [6.45, 7) is 0.848. The molecule has 3 N–H and O–H groups in total. The van der Waals surface area contributed by atoms with E-state index in [1.165, 1.54) is 6.08 Å². The number of nitrogens with zero attached hydrogens (tertiary/aromatic N) is 3. The monoisotopic (exact) mass is 463 g/mol. The molecule has 0 aliphatic carbocycles. The first-order valence-electron chi connectivity index (χ1n) is 11.1. The summed E-state index contributed by atoms with van der Waals surface area (Å²) in [7, 11) is 0. The van der Waals surface area contributed by atoms with E-state index in [0.29, 0.717) is 30.0 Å². The lowest BCUT2D eigenvalue weighted by atomic mass is 10.1. The van der Waals surface area contributed by atoms with E-state index in [2.05, 4.69) is 15.3 Å². The Morgan fingerprint density at radius 1 is 0.829 bits per heavy atom. The minimum atomic E-state index is -0.256. The van der Waals surface area contributed by atoms with Crippen LogP contribution < -0.4 is 11.1 Å². The molecule has 0 fully saturated rings. The van der Waals surface area contributed by atoms with E-state index in [1.807, 2.05) is 36.4 Å². The Morgan fingerprint density at radius 2 is 1.46 bits per heavy atom. The molecule has 0 unspecified atom stereocenters. The predicted octanol–water partition coefficient (Wildman–Crippen LogP) is 4.55. The van der Waals surface area contributed by atoms with Crippen molar-refractivity contribution in [3.05, 3.63) is 126 Å². The van der Waals surface area contributed by atoms with Crippen LogP contribution in [0.3, 0.4) is 0 Å². The molecule has 2 heterocycles. The molecule has 0 spiro atoms. The maximum absolute atomic E-state index is 13.1. The average Bonchev–Trinajstić information content (AvgIpc) is 2.90. The van der Waals surface area contributed by atoms with Crippen LogP contribution >= 0.6 is 0 Å². The van der Waals surface area contributed by atoms with Crippen molar-refractivity contribution >= 4 is 29.3 Å². The highest BCUT2D eigenvalue weighted by Crippen LogP contribution is 2.18. The van der Waals surface area contributed by atoms with Gasteiger partial charge >= 0.3 is 0 Å². The van der Waals surface area contributed by atoms with Crippen molar-refractivity contribution in [2.24, 2.45) is 0 Å². The SMILES string of the molecule is Nc1ccccc1NC(=O)c1ccc(/C=C/C(=O)N(Cc2cccnc2)Cc2cccnc2)cc1. The Balaban J connectivity index is 1.44. The van der Waals surface area contributed by atoms with Crippen molar-refractivity contribution in [2.75, 3.05) is 11.1 Å². The second kappa shape index (κ2) is 11.4. The number of pyridine rings is 2. The van der Waals surface area contributed by atoms with Crippen LogP contribution in [0.1, 0.15) is 27.0 Å². The highest BCUT2D eigenvalue weighted by Gasteiger charge is 2.13.